The Morgan fingerprint density at radius 3 is 2.88 bits per heavy atom. The standard InChI is InChI=1S/C21H23N3O2/c1-4-26-21(25)19-14(2)22-20-18(10-7-12-24(19)20)23-13-11-16-8-5-6-9-17(16)15(23)3/h5-10,12,15H,4,11,13H2,1-3H3. The molecular weight excluding hydrogens is 326 g/mol. The molecule has 3 aromatic rings. The van der Waals surface area contributed by atoms with Crippen molar-refractivity contribution in [2.45, 2.75) is 33.2 Å². The highest BCUT2D eigenvalue weighted by Crippen LogP contribution is 2.35. The molecule has 1 unspecified atom stereocenters. The number of aryl methyl sites for hydroxylation is 1. The Morgan fingerprint density at radius 2 is 2.08 bits per heavy atom. The lowest BCUT2D eigenvalue weighted by molar-refractivity contribution is 0.0517. The summed E-state index contributed by atoms with van der Waals surface area (Å²) in [5.41, 5.74) is 5.83. The van der Waals surface area contributed by atoms with Gasteiger partial charge in [-0.25, -0.2) is 9.78 Å². The highest BCUT2D eigenvalue weighted by atomic mass is 16.5. The van der Waals surface area contributed by atoms with Crippen molar-refractivity contribution in [3.05, 3.63) is 65.1 Å². The minimum absolute atomic E-state index is 0.259. The second kappa shape index (κ2) is 6.48. The van der Waals surface area contributed by atoms with Gasteiger partial charge in [0.25, 0.3) is 0 Å². The molecule has 0 amide bonds. The van der Waals surface area contributed by atoms with Crippen LogP contribution in [0.5, 0.6) is 0 Å². The zero-order chi connectivity index (χ0) is 18.3. The number of esters is 1. The monoisotopic (exact) mass is 349 g/mol. The Balaban J connectivity index is 1.81. The van der Waals surface area contributed by atoms with Crippen LogP contribution in [0.2, 0.25) is 0 Å². The van der Waals surface area contributed by atoms with Gasteiger partial charge >= 0.3 is 5.97 Å². The van der Waals surface area contributed by atoms with Crippen LogP contribution in [0.1, 0.15) is 47.2 Å². The molecule has 0 saturated heterocycles. The largest absolute Gasteiger partial charge is 0.461 e. The van der Waals surface area contributed by atoms with Gasteiger partial charge in [0.2, 0.25) is 0 Å². The molecule has 5 heteroatoms. The lowest BCUT2D eigenvalue weighted by Crippen LogP contribution is -2.34. The Morgan fingerprint density at radius 1 is 1.27 bits per heavy atom. The maximum atomic E-state index is 12.4. The minimum atomic E-state index is -0.327. The van der Waals surface area contributed by atoms with E-state index in [9.17, 15) is 4.79 Å². The molecule has 1 aromatic carbocycles. The van der Waals surface area contributed by atoms with Crippen molar-refractivity contribution in [3.8, 4) is 0 Å². The fraction of sp³-hybridized carbons (Fsp3) is 0.333. The predicted molar refractivity (Wildman–Crippen MR) is 102 cm³/mol. The van der Waals surface area contributed by atoms with Gasteiger partial charge in [0, 0.05) is 12.7 Å². The Labute approximate surface area is 153 Å². The number of imidazole rings is 1. The second-order valence-electron chi connectivity index (χ2n) is 6.67. The molecule has 1 aliphatic heterocycles. The number of carbonyl (C=O) groups is 1. The van der Waals surface area contributed by atoms with Crippen molar-refractivity contribution in [2.75, 3.05) is 18.1 Å². The van der Waals surface area contributed by atoms with Gasteiger partial charge in [-0.05, 0) is 50.5 Å². The summed E-state index contributed by atoms with van der Waals surface area (Å²) in [5, 5.41) is 0. The molecule has 0 saturated carbocycles. The number of aromatic nitrogens is 2. The summed E-state index contributed by atoms with van der Waals surface area (Å²) < 4.78 is 7.07. The number of rotatable bonds is 3. The summed E-state index contributed by atoms with van der Waals surface area (Å²) in [6.07, 6.45) is 2.89. The van der Waals surface area contributed by atoms with Gasteiger partial charge in [0.15, 0.2) is 11.3 Å². The van der Waals surface area contributed by atoms with Crippen LogP contribution in [-0.2, 0) is 11.2 Å². The zero-order valence-electron chi connectivity index (χ0n) is 15.4. The number of pyridine rings is 1. The fourth-order valence-electron chi connectivity index (χ4n) is 3.94. The Bertz CT molecular complexity index is 977. The highest BCUT2D eigenvalue weighted by molar-refractivity contribution is 5.91. The van der Waals surface area contributed by atoms with Crippen LogP contribution in [-0.4, -0.2) is 28.5 Å². The third-order valence-corrected chi connectivity index (χ3v) is 5.18. The summed E-state index contributed by atoms with van der Waals surface area (Å²) >= 11 is 0. The summed E-state index contributed by atoms with van der Waals surface area (Å²) in [4.78, 5) is 19.4. The third-order valence-electron chi connectivity index (χ3n) is 5.18. The molecule has 0 N–H and O–H groups in total. The number of hydrogen-bond donors (Lipinski definition) is 0. The summed E-state index contributed by atoms with van der Waals surface area (Å²) in [5.74, 6) is -0.327. The van der Waals surface area contributed by atoms with E-state index in [0.29, 0.717) is 18.0 Å². The van der Waals surface area contributed by atoms with E-state index in [2.05, 4.69) is 42.2 Å². The molecule has 0 radical (unpaired) electrons. The van der Waals surface area contributed by atoms with E-state index < -0.39 is 0 Å². The van der Waals surface area contributed by atoms with Gasteiger partial charge in [-0.1, -0.05) is 24.3 Å². The molecule has 0 spiro atoms. The van der Waals surface area contributed by atoms with E-state index >= 15 is 0 Å². The molecular formula is C21H23N3O2. The van der Waals surface area contributed by atoms with Crippen molar-refractivity contribution in [1.82, 2.24) is 9.38 Å². The maximum absolute atomic E-state index is 12.4. The first-order valence-electron chi connectivity index (χ1n) is 9.11. The number of ether oxygens (including phenoxy) is 1. The molecule has 3 heterocycles. The minimum Gasteiger partial charge on any atom is -0.461 e. The molecule has 0 aliphatic carbocycles. The first kappa shape index (κ1) is 16.6. The van der Waals surface area contributed by atoms with Crippen molar-refractivity contribution >= 4 is 17.3 Å². The van der Waals surface area contributed by atoms with Gasteiger partial charge in [-0.15, -0.1) is 0 Å². The number of carbonyl (C=O) groups excluding carboxylic acids is 1. The Kier molecular flexibility index (Phi) is 4.15. The number of hydrogen-bond acceptors (Lipinski definition) is 4. The van der Waals surface area contributed by atoms with Crippen LogP contribution < -0.4 is 4.90 Å². The van der Waals surface area contributed by atoms with Crippen molar-refractivity contribution in [2.24, 2.45) is 0 Å². The van der Waals surface area contributed by atoms with Crippen LogP contribution in [0.25, 0.3) is 5.65 Å². The van der Waals surface area contributed by atoms with E-state index in [-0.39, 0.29) is 12.0 Å². The first-order chi connectivity index (χ1) is 12.6. The summed E-state index contributed by atoms with van der Waals surface area (Å²) in [7, 11) is 0. The van der Waals surface area contributed by atoms with Crippen LogP contribution >= 0.6 is 0 Å². The molecule has 26 heavy (non-hydrogen) atoms. The fourth-order valence-corrected chi connectivity index (χ4v) is 3.94. The smallest absolute Gasteiger partial charge is 0.357 e. The van der Waals surface area contributed by atoms with Gasteiger partial charge < -0.3 is 9.64 Å². The zero-order valence-corrected chi connectivity index (χ0v) is 15.4. The molecule has 1 atom stereocenters. The predicted octanol–water partition coefficient (Wildman–Crippen LogP) is 3.94. The second-order valence-corrected chi connectivity index (χ2v) is 6.67. The number of benzene rings is 1. The number of nitrogens with zero attached hydrogens (tertiary/aromatic N) is 3. The van der Waals surface area contributed by atoms with E-state index in [1.54, 1.807) is 0 Å². The molecule has 5 nitrogen and oxygen atoms in total. The van der Waals surface area contributed by atoms with Crippen molar-refractivity contribution < 1.29 is 9.53 Å². The maximum Gasteiger partial charge on any atom is 0.357 e. The van der Waals surface area contributed by atoms with Crippen LogP contribution in [0.3, 0.4) is 0 Å². The quantitative estimate of drug-likeness (QED) is 0.672. The normalized spacial score (nSPS) is 16.6. The third kappa shape index (κ3) is 2.55. The van der Waals surface area contributed by atoms with E-state index in [1.165, 1.54) is 11.1 Å². The van der Waals surface area contributed by atoms with Crippen LogP contribution in [0, 0.1) is 6.92 Å². The molecule has 4 rings (SSSR count). The summed E-state index contributed by atoms with van der Waals surface area (Å²) in [6, 6.07) is 12.9. The Hall–Kier alpha value is -2.82. The topological polar surface area (TPSA) is 46.8 Å². The molecule has 0 bridgehead atoms. The van der Waals surface area contributed by atoms with Gasteiger partial charge in [0.1, 0.15) is 0 Å². The number of fused-ring (bicyclic) bond motifs is 2. The van der Waals surface area contributed by atoms with Crippen LogP contribution in [0.4, 0.5) is 5.69 Å². The lowest BCUT2D eigenvalue weighted by Gasteiger charge is -2.37. The van der Waals surface area contributed by atoms with E-state index in [1.807, 2.05) is 30.5 Å². The van der Waals surface area contributed by atoms with E-state index in [0.717, 1.165) is 24.3 Å². The lowest BCUT2D eigenvalue weighted by atomic mass is 9.93. The van der Waals surface area contributed by atoms with Gasteiger partial charge in [-0.2, -0.15) is 0 Å². The number of anilines is 1. The van der Waals surface area contributed by atoms with Crippen LogP contribution in [0.15, 0.2) is 42.6 Å². The van der Waals surface area contributed by atoms with Crippen molar-refractivity contribution in [1.29, 1.82) is 0 Å². The molecule has 0 fully saturated rings. The molecule has 1 aliphatic rings. The van der Waals surface area contributed by atoms with Gasteiger partial charge in [0.05, 0.1) is 24.0 Å². The molecule has 134 valence electrons. The average Bonchev–Trinajstić information content (AvgIpc) is 2.98. The van der Waals surface area contributed by atoms with E-state index in [4.69, 9.17) is 9.72 Å². The van der Waals surface area contributed by atoms with Crippen molar-refractivity contribution in [3.63, 3.8) is 0 Å². The SMILES string of the molecule is CCOC(=O)c1c(C)nc2c(N3CCc4ccccc4C3C)cccn12. The molecule has 2 aromatic heterocycles. The average molecular weight is 349 g/mol. The first-order valence-corrected chi connectivity index (χ1v) is 9.11. The highest BCUT2D eigenvalue weighted by Gasteiger charge is 2.27. The van der Waals surface area contributed by atoms with Gasteiger partial charge in [-0.3, -0.25) is 4.40 Å². The summed E-state index contributed by atoms with van der Waals surface area (Å²) in [6.45, 7) is 7.18.